The molecule has 1 saturated heterocycles. The molecule has 0 atom stereocenters. The smallest absolute Gasteiger partial charge is 0.0233 e. The van der Waals surface area contributed by atoms with Gasteiger partial charge in [-0.2, -0.15) is 0 Å². The van der Waals surface area contributed by atoms with Crippen molar-refractivity contribution in [3.8, 4) is 0 Å². The minimum atomic E-state index is 0.761. The summed E-state index contributed by atoms with van der Waals surface area (Å²) in [5, 5.41) is 3.61. The van der Waals surface area contributed by atoms with Crippen molar-refractivity contribution in [1.82, 2.24) is 10.2 Å². The summed E-state index contributed by atoms with van der Waals surface area (Å²) in [6, 6.07) is 8.98. The van der Waals surface area contributed by atoms with E-state index in [1.54, 1.807) is 0 Å². The van der Waals surface area contributed by atoms with Crippen LogP contribution in [0.15, 0.2) is 24.3 Å². The van der Waals surface area contributed by atoms with E-state index in [1.807, 2.05) is 0 Å². The zero-order valence-electron chi connectivity index (χ0n) is 13.4. The van der Waals surface area contributed by atoms with Gasteiger partial charge < -0.3 is 5.32 Å². The van der Waals surface area contributed by atoms with Gasteiger partial charge in [0.05, 0.1) is 0 Å². The quantitative estimate of drug-likeness (QED) is 0.854. The van der Waals surface area contributed by atoms with Crippen LogP contribution in [-0.2, 0) is 6.54 Å². The van der Waals surface area contributed by atoms with E-state index in [9.17, 15) is 0 Å². The van der Waals surface area contributed by atoms with Crippen molar-refractivity contribution >= 4 is 0 Å². The molecule has 0 saturated carbocycles. The Balaban J connectivity index is 1.67. The molecule has 0 aromatic heterocycles. The Morgan fingerprint density at radius 3 is 2.40 bits per heavy atom. The number of likely N-dealkylation sites (tertiary alicyclic amines) is 1. The SMILES string of the molecule is Cc1ccc(CN2CCC(CNCC(C)C)CC2)cc1. The molecule has 112 valence electrons. The van der Waals surface area contributed by atoms with E-state index in [2.05, 4.69) is 55.3 Å². The second-order valence-electron chi connectivity index (χ2n) is 6.76. The van der Waals surface area contributed by atoms with E-state index in [-0.39, 0.29) is 0 Å². The molecular formula is C18H30N2. The fourth-order valence-electron chi connectivity index (χ4n) is 2.88. The van der Waals surface area contributed by atoms with E-state index in [0.717, 1.165) is 24.9 Å². The first-order valence-corrected chi connectivity index (χ1v) is 8.12. The summed E-state index contributed by atoms with van der Waals surface area (Å²) in [6.07, 6.45) is 2.69. The maximum absolute atomic E-state index is 3.61. The van der Waals surface area contributed by atoms with E-state index in [0.29, 0.717) is 0 Å². The lowest BCUT2D eigenvalue weighted by Gasteiger charge is -2.32. The second-order valence-corrected chi connectivity index (χ2v) is 6.76. The molecule has 0 amide bonds. The Hall–Kier alpha value is -0.860. The molecule has 1 aromatic rings. The maximum atomic E-state index is 3.61. The third-order valence-electron chi connectivity index (χ3n) is 4.22. The van der Waals surface area contributed by atoms with Crippen LogP contribution in [0.1, 0.15) is 37.8 Å². The number of rotatable bonds is 6. The minimum Gasteiger partial charge on any atom is -0.316 e. The maximum Gasteiger partial charge on any atom is 0.0233 e. The summed E-state index contributed by atoms with van der Waals surface area (Å²) in [7, 11) is 0. The average molecular weight is 274 g/mol. The van der Waals surface area contributed by atoms with Crippen LogP contribution in [-0.4, -0.2) is 31.1 Å². The monoisotopic (exact) mass is 274 g/mol. The van der Waals surface area contributed by atoms with Crippen LogP contribution in [0.25, 0.3) is 0 Å². The predicted molar refractivity (Wildman–Crippen MR) is 86.9 cm³/mol. The molecule has 1 aliphatic heterocycles. The lowest BCUT2D eigenvalue weighted by Crippen LogP contribution is -2.37. The van der Waals surface area contributed by atoms with E-state index < -0.39 is 0 Å². The van der Waals surface area contributed by atoms with Crippen molar-refractivity contribution in [3.05, 3.63) is 35.4 Å². The molecule has 0 spiro atoms. The summed E-state index contributed by atoms with van der Waals surface area (Å²) < 4.78 is 0. The molecule has 1 heterocycles. The van der Waals surface area contributed by atoms with Gasteiger partial charge in [-0.1, -0.05) is 43.7 Å². The molecule has 0 bridgehead atoms. The molecule has 0 unspecified atom stereocenters. The predicted octanol–water partition coefficient (Wildman–Crippen LogP) is 3.45. The number of hydrogen-bond donors (Lipinski definition) is 1. The fourth-order valence-corrected chi connectivity index (χ4v) is 2.88. The van der Waals surface area contributed by atoms with E-state index in [1.165, 1.54) is 43.6 Å². The minimum absolute atomic E-state index is 0.761. The molecule has 1 aliphatic rings. The molecule has 2 nitrogen and oxygen atoms in total. The molecule has 1 aromatic carbocycles. The second kappa shape index (κ2) is 7.80. The van der Waals surface area contributed by atoms with Crippen LogP contribution in [0, 0.1) is 18.8 Å². The summed E-state index contributed by atoms with van der Waals surface area (Å²) >= 11 is 0. The molecule has 2 rings (SSSR count). The largest absolute Gasteiger partial charge is 0.316 e. The number of nitrogens with one attached hydrogen (secondary N) is 1. The van der Waals surface area contributed by atoms with Gasteiger partial charge in [-0.15, -0.1) is 0 Å². The Bertz CT molecular complexity index is 375. The zero-order valence-corrected chi connectivity index (χ0v) is 13.4. The van der Waals surface area contributed by atoms with E-state index in [4.69, 9.17) is 0 Å². The van der Waals surface area contributed by atoms with Crippen LogP contribution in [0.3, 0.4) is 0 Å². The fraction of sp³-hybridized carbons (Fsp3) is 0.667. The highest BCUT2D eigenvalue weighted by Gasteiger charge is 2.18. The van der Waals surface area contributed by atoms with Crippen LogP contribution >= 0.6 is 0 Å². The van der Waals surface area contributed by atoms with E-state index >= 15 is 0 Å². The summed E-state index contributed by atoms with van der Waals surface area (Å²) in [4.78, 5) is 2.60. The molecule has 20 heavy (non-hydrogen) atoms. The first-order chi connectivity index (χ1) is 9.63. The average Bonchev–Trinajstić information content (AvgIpc) is 2.43. The van der Waals surface area contributed by atoms with Gasteiger partial charge >= 0.3 is 0 Å². The normalized spacial score (nSPS) is 17.8. The van der Waals surface area contributed by atoms with Gasteiger partial charge in [-0.25, -0.2) is 0 Å². The lowest BCUT2D eigenvalue weighted by atomic mass is 9.96. The third kappa shape index (κ3) is 5.26. The zero-order chi connectivity index (χ0) is 14.4. The first-order valence-electron chi connectivity index (χ1n) is 8.12. The van der Waals surface area contributed by atoms with Gasteiger partial charge in [-0.3, -0.25) is 4.90 Å². The Labute approximate surface area is 124 Å². The van der Waals surface area contributed by atoms with Gasteiger partial charge in [0.2, 0.25) is 0 Å². The summed E-state index contributed by atoms with van der Waals surface area (Å²) in [5.41, 5.74) is 2.80. The summed E-state index contributed by atoms with van der Waals surface area (Å²) in [5.74, 6) is 1.64. The first kappa shape index (κ1) is 15.5. The summed E-state index contributed by atoms with van der Waals surface area (Å²) in [6.45, 7) is 12.7. The van der Waals surface area contributed by atoms with Gasteiger partial charge in [0.1, 0.15) is 0 Å². The number of aryl methyl sites for hydroxylation is 1. The Morgan fingerprint density at radius 2 is 1.80 bits per heavy atom. The van der Waals surface area contributed by atoms with Crippen LogP contribution < -0.4 is 5.32 Å². The molecule has 0 radical (unpaired) electrons. The van der Waals surface area contributed by atoms with Crippen molar-refractivity contribution in [2.24, 2.45) is 11.8 Å². The van der Waals surface area contributed by atoms with Crippen LogP contribution in [0.5, 0.6) is 0 Å². The molecule has 2 heteroatoms. The number of piperidine rings is 1. The van der Waals surface area contributed by atoms with Gasteiger partial charge in [0, 0.05) is 6.54 Å². The van der Waals surface area contributed by atoms with Crippen molar-refractivity contribution in [1.29, 1.82) is 0 Å². The molecule has 1 N–H and O–H groups in total. The highest BCUT2D eigenvalue weighted by Crippen LogP contribution is 2.18. The van der Waals surface area contributed by atoms with Crippen molar-refractivity contribution < 1.29 is 0 Å². The highest BCUT2D eigenvalue weighted by molar-refractivity contribution is 5.21. The number of hydrogen-bond acceptors (Lipinski definition) is 2. The molecular weight excluding hydrogens is 244 g/mol. The Morgan fingerprint density at radius 1 is 1.15 bits per heavy atom. The highest BCUT2D eigenvalue weighted by atomic mass is 15.1. The van der Waals surface area contributed by atoms with Crippen molar-refractivity contribution in [2.45, 2.75) is 40.2 Å². The van der Waals surface area contributed by atoms with Crippen molar-refractivity contribution in [2.75, 3.05) is 26.2 Å². The molecule has 0 aliphatic carbocycles. The standard InChI is InChI=1S/C18H30N2/c1-15(2)12-19-13-17-8-10-20(11-9-17)14-18-6-4-16(3)5-7-18/h4-7,15,17,19H,8-14H2,1-3H3. The topological polar surface area (TPSA) is 15.3 Å². The van der Waals surface area contributed by atoms with Crippen molar-refractivity contribution in [3.63, 3.8) is 0 Å². The lowest BCUT2D eigenvalue weighted by molar-refractivity contribution is 0.175. The molecule has 1 fully saturated rings. The third-order valence-corrected chi connectivity index (χ3v) is 4.22. The van der Waals surface area contributed by atoms with Gasteiger partial charge in [0.15, 0.2) is 0 Å². The van der Waals surface area contributed by atoms with Gasteiger partial charge in [-0.05, 0) is 63.3 Å². The Kier molecular flexibility index (Phi) is 6.06. The number of benzene rings is 1. The van der Waals surface area contributed by atoms with Gasteiger partial charge in [0.25, 0.3) is 0 Å². The van der Waals surface area contributed by atoms with Crippen LogP contribution in [0.2, 0.25) is 0 Å². The number of nitrogens with zero attached hydrogens (tertiary/aromatic N) is 1. The van der Waals surface area contributed by atoms with Crippen LogP contribution in [0.4, 0.5) is 0 Å².